The molecule has 0 unspecified atom stereocenters. The lowest BCUT2D eigenvalue weighted by atomic mass is 10.3. The molecule has 4 aromatic heterocycles. The van der Waals surface area contributed by atoms with Crippen LogP contribution < -0.4 is 0 Å². The smallest absolute Gasteiger partial charge is 0.178 e. The number of hydrogen-bond donors (Lipinski definition) is 0. The van der Waals surface area contributed by atoms with Crippen molar-refractivity contribution in [2.75, 3.05) is 0 Å². The van der Waals surface area contributed by atoms with Crippen molar-refractivity contribution >= 4 is 24.3 Å². The standard InChI is InChI=1S/C24H12O4/c1-2-18-11-12-20-5-6-22(27-20)15-16-24-8-7-23(28-24)14-13-21-4-3-19(26-21)10-9-17(1)25-18/h1-10,15-16H/b10-9-,16-15-,17-9?,19-10?,22-15?,24-16?. The van der Waals surface area contributed by atoms with E-state index in [-0.39, 0.29) is 0 Å². The van der Waals surface area contributed by atoms with Gasteiger partial charge in [-0.05, 0) is 96.5 Å². The second-order valence-corrected chi connectivity index (χ2v) is 5.97. The first-order valence-corrected chi connectivity index (χ1v) is 8.60. The van der Waals surface area contributed by atoms with E-state index in [9.17, 15) is 0 Å². The minimum absolute atomic E-state index is 0.552. The number of hydrogen-bond acceptors (Lipinski definition) is 4. The van der Waals surface area contributed by atoms with E-state index in [4.69, 9.17) is 17.7 Å². The molecule has 5 heterocycles. The second kappa shape index (κ2) is 6.79. The Morgan fingerprint density at radius 2 is 0.607 bits per heavy atom. The van der Waals surface area contributed by atoms with Gasteiger partial charge in [0.2, 0.25) is 0 Å². The molecule has 0 saturated heterocycles. The van der Waals surface area contributed by atoms with E-state index in [1.165, 1.54) is 0 Å². The Hall–Kier alpha value is -4.28. The Labute approximate surface area is 160 Å². The number of furan rings is 4. The average molecular weight is 364 g/mol. The lowest BCUT2D eigenvalue weighted by Crippen LogP contribution is -1.69. The van der Waals surface area contributed by atoms with Crippen molar-refractivity contribution in [3.63, 3.8) is 0 Å². The summed E-state index contributed by atoms with van der Waals surface area (Å²) >= 11 is 0. The summed E-state index contributed by atoms with van der Waals surface area (Å²) in [5.74, 6) is 16.7. The first-order valence-electron chi connectivity index (χ1n) is 8.60. The molecule has 4 heteroatoms. The zero-order chi connectivity index (χ0) is 18.8. The van der Waals surface area contributed by atoms with E-state index in [1.54, 1.807) is 0 Å². The van der Waals surface area contributed by atoms with Crippen molar-refractivity contribution in [2.45, 2.75) is 0 Å². The molecular weight excluding hydrogens is 352 g/mol. The van der Waals surface area contributed by atoms with Crippen LogP contribution in [0.4, 0.5) is 0 Å². The lowest BCUT2D eigenvalue weighted by molar-refractivity contribution is 0.535. The van der Waals surface area contributed by atoms with Crippen LogP contribution in [0, 0.1) is 23.7 Å². The van der Waals surface area contributed by atoms with Crippen LogP contribution in [0.5, 0.6) is 0 Å². The summed E-state index contributed by atoms with van der Waals surface area (Å²) in [6, 6.07) is 14.6. The van der Waals surface area contributed by atoms with Gasteiger partial charge < -0.3 is 17.7 Å². The first-order chi connectivity index (χ1) is 13.8. The molecule has 0 aromatic carbocycles. The summed E-state index contributed by atoms with van der Waals surface area (Å²) < 4.78 is 22.7. The minimum atomic E-state index is 0.552. The highest BCUT2D eigenvalue weighted by atomic mass is 16.4. The van der Waals surface area contributed by atoms with Gasteiger partial charge >= 0.3 is 0 Å². The van der Waals surface area contributed by atoms with Crippen LogP contribution in [0.25, 0.3) is 24.3 Å². The van der Waals surface area contributed by atoms with Crippen LogP contribution >= 0.6 is 0 Å². The largest absolute Gasteiger partial charge is 0.448 e. The fourth-order valence-corrected chi connectivity index (χ4v) is 2.61. The van der Waals surface area contributed by atoms with Crippen molar-refractivity contribution in [3.8, 4) is 23.7 Å². The molecule has 4 nitrogen and oxygen atoms in total. The maximum atomic E-state index is 5.68. The summed E-state index contributed by atoms with van der Waals surface area (Å²) in [7, 11) is 0. The molecule has 0 spiro atoms. The van der Waals surface area contributed by atoms with Gasteiger partial charge in [0, 0.05) is 0 Å². The monoisotopic (exact) mass is 364 g/mol. The molecule has 0 fully saturated rings. The van der Waals surface area contributed by atoms with Gasteiger partial charge in [0.15, 0.2) is 23.0 Å². The van der Waals surface area contributed by atoms with E-state index in [0.29, 0.717) is 46.1 Å². The number of fused-ring (bicyclic) bond motifs is 8. The molecule has 5 rings (SSSR count). The molecule has 8 bridgehead atoms. The summed E-state index contributed by atoms with van der Waals surface area (Å²) in [6.07, 6.45) is 7.25. The predicted octanol–water partition coefficient (Wildman–Crippen LogP) is 5.51. The Bertz CT molecular complexity index is 1120. The third-order valence-electron chi connectivity index (χ3n) is 3.95. The Kier molecular flexibility index (Phi) is 3.87. The molecule has 1 aliphatic heterocycles. The van der Waals surface area contributed by atoms with Gasteiger partial charge in [-0.25, -0.2) is 0 Å². The first kappa shape index (κ1) is 15.9. The molecule has 0 saturated carbocycles. The third kappa shape index (κ3) is 3.49. The van der Waals surface area contributed by atoms with Gasteiger partial charge in [0.05, 0.1) is 0 Å². The maximum Gasteiger partial charge on any atom is 0.178 e. The van der Waals surface area contributed by atoms with Crippen LogP contribution in [0.15, 0.2) is 66.2 Å². The van der Waals surface area contributed by atoms with E-state index >= 15 is 0 Å². The zero-order valence-electron chi connectivity index (χ0n) is 14.6. The zero-order valence-corrected chi connectivity index (χ0v) is 14.6. The molecule has 0 aliphatic carbocycles. The van der Waals surface area contributed by atoms with E-state index in [1.807, 2.05) is 72.8 Å². The molecule has 4 aromatic rings. The molecule has 0 atom stereocenters. The van der Waals surface area contributed by atoms with Crippen molar-refractivity contribution in [1.82, 2.24) is 0 Å². The molecule has 0 amide bonds. The molecule has 132 valence electrons. The van der Waals surface area contributed by atoms with Crippen LogP contribution in [0.3, 0.4) is 0 Å². The topological polar surface area (TPSA) is 52.6 Å². The highest BCUT2D eigenvalue weighted by Crippen LogP contribution is 2.16. The summed E-state index contributed by atoms with van der Waals surface area (Å²) in [5, 5.41) is 0. The van der Waals surface area contributed by atoms with Crippen LogP contribution in [0.1, 0.15) is 46.1 Å². The van der Waals surface area contributed by atoms with Crippen molar-refractivity contribution in [1.29, 1.82) is 0 Å². The minimum Gasteiger partial charge on any atom is -0.448 e. The summed E-state index contributed by atoms with van der Waals surface area (Å²) in [4.78, 5) is 0. The van der Waals surface area contributed by atoms with Crippen molar-refractivity contribution in [3.05, 3.63) is 94.6 Å². The SMILES string of the molecule is C1#Cc2ccc(o2)/C=C\c2ccc(o2)C#Cc2ccc(o2)/C=C\c2ccc1o2. The van der Waals surface area contributed by atoms with E-state index in [2.05, 4.69) is 23.7 Å². The lowest BCUT2D eigenvalue weighted by Gasteiger charge is -1.87. The van der Waals surface area contributed by atoms with Gasteiger partial charge in [-0.2, -0.15) is 0 Å². The van der Waals surface area contributed by atoms with Gasteiger partial charge in [0.25, 0.3) is 0 Å². The third-order valence-corrected chi connectivity index (χ3v) is 3.95. The van der Waals surface area contributed by atoms with Crippen LogP contribution in [0.2, 0.25) is 0 Å². The van der Waals surface area contributed by atoms with Crippen molar-refractivity contribution < 1.29 is 17.7 Å². The number of rotatable bonds is 0. The normalized spacial score (nSPS) is 14.3. The second-order valence-electron chi connectivity index (χ2n) is 5.97. The maximum absolute atomic E-state index is 5.68. The van der Waals surface area contributed by atoms with Crippen molar-refractivity contribution in [2.24, 2.45) is 0 Å². The molecule has 28 heavy (non-hydrogen) atoms. The fraction of sp³-hybridized carbons (Fsp3) is 0. The van der Waals surface area contributed by atoms with Crippen LogP contribution in [-0.2, 0) is 0 Å². The van der Waals surface area contributed by atoms with Crippen LogP contribution in [-0.4, -0.2) is 0 Å². The summed E-state index contributed by atoms with van der Waals surface area (Å²) in [6.45, 7) is 0. The van der Waals surface area contributed by atoms with Gasteiger partial charge in [-0.15, -0.1) is 0 Å². The quantitative estimate of drug-likeness (QED) is 0.340. The Morgan fingerprint density at radius 3 is 0.857 bits per heavy atom. The molecule has 1 aliphatic rings. The van der Waals surface area contributed by atoms with Gasteiger partial charge in [0.1, 0.15) is 23.0 Å². The highest BCUT2D eigenvalue weighted by molar-refractivity contribution is 5.66. The summed E-state index contributed by atoms with van der Waals surface area (Å²) in [5.41, 5.74) is 0. The fourth-order valence-electron chi connectivity index (χ4n) is 2.61. The highest BCUT2D eigenvalue weighted by Gasteiger charge is 2.02. The predicted molar refractivity (Wildman–Crippen MR) is 105 cm³/mol. The Balaban J connectivity index is 1.55. The van der Waals surface area contributed by atoms with E-state index in [0.717, 1.165) is 0 Å². The Morgan fingerprint density at radius 1 is 0.357 bits per heavy atom. The molecular formula is C24H12O4. The molecule has 0 radical (unpaired) electrons. The van der Waals surface area contributed by atoms with E-state index < -0.39 is 0 Å². The molecule has 0 N–H and O–H groups in total. The average Bonchev–Trinajstić information content (AvgIpc) is 3.49. The van der Waals surface area contributed by atoms with Gasteiger partial charge in [-0.1, -0.05) is 0 Å². The van der Waals surface area contributed by atoms with Gasteiger partial charge in [-0.3, -0.25) is 0 Å².